The van der Waals surface area contributed by atoms with E-state index in [4.69, 9.17) is 23.2 Å². The van der Waals surface area contributed by atoms with Crippen LogP contribution in [-0.2, 0) is 6.18 Å². The Bertz CT molecular complexity index is 431. The van der Waals surface area contributed by atoms with E-state index in [1.54, 1.807) is 0 Å². The van der Waals surface area contributed by atoms with E-state index in [9.17, 15) is 18.0 Å². The van der Waals surface area contributed by atoms with Crippen molar-refractivity contribution in [1.29, 1.82) is 0 Å². The molecule has 19 heavy (non-hydrogen) atoms. The topological polar surface area (TPSA) is 20.3 Å². The smallest absolute Gasteiger partial charge is 0.336 e. The standard InChI is InChI=1S/C12H12Cl2F3NO/c13-4-6-18(7-5-14)11(19)9-2-1-3-10(8-9)12(15,16)17/h1-3,8H,4-7H2. The fraction of sp³-hybridized carbons (Fsp3) is 0.417. The number of hydrogen-bond acceptors (Lipinski definition) is 1. The number of halogens is 5. The fourth-order valence-electron chi connectivity index (χ4n) is 1.53. The van der Waals surface area contributed by atoms with Crippen LogP contribution < -0.4 is 0 Å². The second-order valence-electron chi connectivity index (χ2n) is 3.75. The van der Waals surface area contributed by atoms with Crippen LogP contribution >= 0.6 is 23.2 Å². The highest BCUT2D eigenvalue weighted by atomic mass is 35.5. The molecule has 0 unspecified atom stereocenters. The summed E-state index contributed by atoms with van der Waals surface area (Å²) < 4.78 is 37.7. The predicted octanol–water partition coefficient (Wildman–Crippen LogP) is 3.63. The van der Waals surface area contributed by atoms with Crippen molar-refractivity contribution >= 4 is 29.1 Å². The first-order valence-corrected chi connectivity index (χ1v) is 6.55. The van der Waals surface area contributed by atoms with E-state index in [0.717, 1.165) is 12.1 Å². The lowest BCUT2D eigenvalue weighted by molar-refractivity contribution is -0.137. The van der Waals surface area contributed by atoms with Gasteiger partial charge in [0.25, 0.3) is 5.91 Å². The minimum absolute atomic E-state index is 0.0231. The quantitative estimate of drug-likeness (QED) is 0.760. The first-order valence-electron chi connectivity index (χ1n) is 5.48. The second kappa shape index (κ2) is 7.01. The summed E-state index contributed by atoms with van der Waals surface area (Å²) in [7, 11) is 0. The van der Waals surface area contributed by atoms with Gasteiger partial charge in [-0.15, -0.1) is 23.2 Å². The lowest BCUT2D eigenvalue weighted by Gasteiger charge is -2.21. The molecule has 0 aliphatic rings. The van der Waals surface area contributed by atoms with E-state index < -0.39 is 17.6 Å². The molecule has 2 nitrogen and oxygen atoms in total. The first-order chi connectivity index (χ1) is 8.90. The molecule has 0 aromatic heterocycles. The average Bonchev–Trinajstić information content (AvgIpc) is 2.37. The van der Waals surface area contributed by atoms with E-state index in [1.165, 1.54) is 17.0 Å². The molecule has 0 atom stereocenters. The summed E-state index contributed by atoms with van der Waals surface area (Å²) in [4.78, 5) is 13.4. The summed E-state index contributed by atoms with van der Waals surface area (Å²) in [5, 5.41) is 0. The number of carbonyl (C=O) groups excluding carboxylic acids is 1. The molecule has 0 aliphatic carbocycles. The number of amides is 1. The normalized spacial score (nSPS) is 11.4. The molecule has 106 valence electrons. The van der Waals surface area contributed by atoms with Gasteiger partial charge < -0.3 is 4.90 Å². The fourth-order valence-corrected chi connectivity index (χ4v) is 1.94. The van der Waals surface area contributed by atoms with Crippen LogP contribution in [0.1, 0.15) is 15.9 Å². The molecule has 0 aliphatic heterocycles. The summed E-state index contributed by atoms with van der Waals surface area (Å²) in [5.74, 6) is -0.115. The van der Waals surface area contributed by atoms with Crippen molar-refractivity contribution in [2.75, 3.05) is 24.8 Å². The summed E-state index contributed by atoms with van der Waals surface area (Å²) >= 11 is 11.1. The SMILES string of the molecule is O=C(c1cccc(C(F)(F)F)c1)N(CCCl)CCCl. The molecular formula is C12H12Cl2F3NO. The summed E-state index contributed by atoms with van der Waals surface area (Å²) in [6, 6.07) is 4.30. The highest BCUT2D eigenvalue weighted by Crippen LogP contribution is 2.29. The largest absolute Gasteiger partial charge is 0.416 e. The highest BCUT2D eigenvalue weighted by Gasteiger charge is 2.31. The number of carbonyl (C=O) groups is 1. The molecule has 0 fully saturated rings. The van der Waals surface area contributed by atoms with Gasteiger partial charge >= 0.3 is 6.18 Å². The van der Waals surface area contributed by atoms with Crippen molar-refractivity contribution in [2.45, 2.75) is 6.18 Å². The van der Waals surface area contributed by atoms with Crippen molar-refractivity contribution in [2.24, 2.45) is 0 Å². The Morgan fingerprint density at radius 2 is 1.74 bits per heavy atom. The molecule has 7 heteroatoms. The van der Waals surface area contributed by atoms with Crippen LogP contribution in [0, 0.1) is 0 Å². The lowest BCUT2D eigenvalue weighted by Crippen LogP contribution is -2.34. The molecule has 0 bridgehead atoms. The van der Waals surface area contributed by atoms with Crippen LogP contribution in [0.2, 0.25) is 0 Å². The van der Waals surface area contributed by atoms with Gasteiger partial charge in [-0.3, -0.25) is 4.79 Å². The summed E-state index contributed by atoms with van der Waals surface area (Å²) in [6.45, 7) is 0.479. The molecule has 0 radical (unpaired) electrons. The van der Waals surface area contributed by atoms with Crippen LogP contribution in [-0.4, -0.2) is 35.7 Å². The second-order valence-corrected chi connectivity index (χ2v) is 4.50. The molecule has 0 saturated carbocycles. The van der Waals surface area contributed by atoms with Crippen molar-refractivity contribution in [1.82, 2.24) is 4.90 Å². The van der Waals surface area contributed by atoms with Gasteiger partial charge in [0.1, 0.15) is 0 Å². The van der Waals surface area contributed by atoms with Gasteiger partial charge in [0.15, 0.2) is 0 Å². The maximum Gasteiger partial charge on any atom is 0.416 e. The van der Waals surface area contributed by atoms with E-state index in [1.807, 2.05) is 0 Å². The summed E-state index contributed by atoms with van der Waals surface area (Å²) in [5.41, 5.74) is -0.875. The maximum atomic E-state index is 12.6. The third-order valence-electron chi connectivity index (χ3n) is 2.43. The Kier molecular flexibility index (Phi) is 5.94. The Morgan fingerprint density at radius 1 is 1.16 bits per heavy atom. The molecule has 0 heterocycles. The predicted molar refractivity (Wildman–Crippen MR) is 68.8 cm³/mol. The first kappa shape index (κ1) is 16.1. The Morgan fingerprint density at radius 3 is 2.21 bits per heavy atom. The minimum atomic E-state index is -4.47. The van der Waals surface area contributed by atoms with Gasteiger partial charge in [0, 0.05) is 30.4 Å². The van der Waals surface area contributed by atoms with E-state index in [2.05, 4.69) is 0 Å². The van der Waals surface area contributed by atoms with Crippen LogP contribution in [0.25, 0.3) is 0 Å². The zero-order valence-corrected chi connectivity index (χ0v) is 11.4. The van der Waals surface area contributed by atoms with Crippen LogP contribution in [0.5, 0.6) is 0 Å². The van der Waals surface area contributed by atoms with Crippen molar-refractivity contribution in [3.8, 4) is 0 Å². The number of nitrogens with zero attached hydrogens (tertiary/aromatic N) is 1. The van der Waals surface area contributed by atoms with Crippen LogP contribution in [0.4, 0.5) is 13.2 Å². The molecule has 1 aromatic carbocycles. The van der Waals surface area contributed by atoms with E-state index >= 15 is 0 Å². The minimum Gasteiger partial charge on any atom is -0.336 e. The maximum absolute atomic E-state index is 12.6. The van der Waals surface area contributed by atoms with Gasteiger partial charge in [0.2, 0.25) is 0 Å². The number of benzene rings is 1. The Balaban J connectivity index is 2.98. The van der Waals surface area contributed by atoms with Gasteiger partial charge in [0.05, 0.1) is 5.56 Å². The van der Waals surface area contributed by atoms with Gasteiger partial charge in [-0.25, -0.2) is 0 Å². The van der Waals surface area contributed by atoms with Crippen LogP contribution in [0.3, 0.4) is 0 Å². The molecule has 1 amide bonds. The van der Waals surface area contributed by atoms with Crippen molar-refractivity contribution in [3.63, 3.8) is 0 Å². The number of alkyl halides is 5. The zero-order valence-electron chi connectivity index (χ0n) is 9.88. The molecule has 1 rings (SSSR count). The van der Waals surface area contributed by atoms with Crippen molar-refractivity contribution in [3.05, 3.63) is 35.4 Å². The van der Waals surface area contributed by atoms with Gasteiger partial charge in [-0.1, -0.05) is 6.07 Å². The third kappa shape index (κ3) is 4.58. The number of rotatable bonds is 5. The molecule has 0 spiro atoms. The third-order valence-corrected chi connectivity index (χ3v) is 2.77. The van der Waals surface area contributed by atoms with E-state index in [-0.39, 0.29) is 30.4 Å². The average molecular weight is 314 g/mol. The Hall–Kier alpha value is -0.940. The zero-order chi connectivity index (χ0) is 14.5. The lowest BCUT2D eigenvalue weighted by atomic mass is 10.1. The van der Waals surface area contributed by atoms with Crippen molar-refractivity contribution < 1.29 is 18.0 Å². The summed E-state index contributed by atoms with van der Waals surface area (Å²) in [6.07, 6.45) is -4.47. The van der Waals surface area contributed by atoms with Gasteiger partial charge in [-0.05, 0) is 18.2 Å². The Labute approximate surface area is 119 Å². The van der Waals surface area contributed by atoms with E-state index in [0.29, 0.717) is 0 Å². The highest BCUT2D eigenvalue weighted by molar-refractivity contribution is 6.18. The number of hydrogen-bond donors (Lipinski definition) is 0. The van der Waals surface area contributed by atoms with Gasteiger partial charge in [-0.2, -0.15) is 13.2 Å². The molecule has 1 aromatic rings. The van der Waals surface area contributed by atoms with Crippen LogP contribution in [0.15, 0.2) is 24.3 Å². The molecule has 0 N–H and O–H groups in total. The monoisotopic (exact) mass is 313 g/mol. The molecular weight excluding hydrogens is 302 g/mol. The molecule has 0 saturated heterocycles.